The highest BCUT2D eigenvalue weighted by Crippen LogP contribution is 2.06. The first-order valence-corrected chi connectivity index (χ1v) is 7.53. The molecule has 0 fully saturated rings. The molecule has 0 spiro atoms. The number of nitrogens with zero attached hydrogens (tertiary/aromatic N) is 1. The first-order valence-electron chi connectivity index (χ1n) is 7.13. The number of ether oxygens (including phenoxy) is 1. The van der Waals surface area contributed by atoms with E-state index in [4.69, 9.17) is 10.1 Å². The standard InChI is InChI=1S/C14H25N3OS/c1-3-4-5-6-10-18-14(15)13(16-19)12-8-7-9-17(2)11-12/h8,15,19H,3-7,9-11H2,1-2H3/p+1/b15-14?,16-13-. The summed E-state index contributed by atoms with van der Waals surface area (Å²) in [6.45, 7) is 4.81. The van der Waals surface area contributed by atoms with E-state index in [0.29, 0.717) is 12.3 Å². The monoisotopic (exact) mass is 284 g/mol. The van der Waals surface area contributed by atoms with Crippen LogP contribution in [-0.4, -0.2) is 38.4 Å². The van der Waals surface area contributed by atoms with Gasteiger partial charge >= 0.3 is 0 Å². The Hall–Kier alpha value is -0.810. The van der Waals surface area contributed by atoms with Crippen molar-refractivity contribution >= 4 is 24.4 Å². The summed E-state index contributed by atoms with van der Waals surface area (Å²) >= 11 is 3.99. The third-order valence-corrected chi connectivity index (χ3v) is 3.52. The number of hydrogen-bond donors (Lipinski definition) is 3. The molecule has 108 valence electrons. The number of unbranched alkanes of at least 4 members (excludes halogenated alkanes) is 3. The normalized spacial score (nSPS) is 20.1. The molecule has 0 radical (unpaired) electrons. The number of hydrogen-bond acceptors (Lipinski definition) is 4. The number of rotatable bonds is 7. The quantitative estimate of drug-likeness (QED) is 0.283. The van der Waals surface area contributed by atoms with Crippen molar-refractivity contribution in [1.29, 1.82) is 5.41 Å². The zero-order valence-electron chi connectivity index (χ0n) is 12.0. The average molecular weight is 284 g/mol. The number of nitrogens with one attached hydrogen (secondary N) is 2. The van der Waals surface area contributed by atoms with Gasteiger partial charge in [0.2, 0.25) is 5.90 Å². The fourth-order valence-corrected chi connectivity index (χ4v) is 2.41. The van der Waals surface area contributed by atoms with Gasteiger partial charge in [0.1, 0.15) is 12.3 Å². The number of quaternary nitrogens is 1. The number of likely N-dealkylation sites (N-methyl/N-ethyl adjacent to an activating group) is 1. The fraction of sp³-hybridized carbons (Fsp3) is 0.714. The van der Waals surface area contributed by atoms with Gasteiger partial charge in [0.05, 0.1) is 20.2 Å². The maximum Gasteiger partial charge on any atom is 0.233 e. The van der Waals surface area contributed by atoms with Gasteiger partial charge in [-0.3, -0.25) is 5.41 Å². The minimum atomic E-state index is 0.160. The minimum Gasteiger partial charge on any atom is -0.477 e. The van der Waals surface area contributed by atoms with Crippen molar-refractivity contribution in [3.63, 3.8) is 0 Å². The Morgan fingerprint density at radius 3 is 2.89 bits per heavy atom. The van der Waals surface area contributed by atoms with E-state index < -0.39 is 0 Å². The highest BCUT2D eigenvalue weighted by atomic mass is 32.1. The molecule has 1 rings (SSSR count). The van der Waals surface area contributed by atoms with Gasteiger partial charge in [0, 0.05) is 12.0 Å². The maximum absolute atomic E-state index is 7.98. The van der Waals surface area contributed by atoms with Gasteiger partial charge in [-0.25, -0.2) is 4.40 Å². The topological polar surface area (TPSA) is 49.9 Å². The molecule has 0 aliphatic carbocycles. The Balaban J connectivity index is 2.42. The van der Waals surface area contributed by atoms with Crippen molar-refractivity contribution in [2.24, 2.45) is 4.40 Å². The third-order valence-electron chi connectivity index (χ3n) is 3.32. The summed E-state index contributed by atoms with van der Waals surface area (Å²) < 4.78 is 9.42. The van der Waals surface area contributed by atoms with E-state index in [9.17, 15) is 0 Å². The molecule has 1 atom stereocenters. The van der Waals surface area contributed by atoms with Crippen molar-refractivity contribution in [3.05, 3.63) is 11.6 Å². The molecule has 0 aromatic carbocycles. The molecule has 0 amide bonds. The molecule has 4 nitrogen and oxygen atoms in total. The second kappa shape index (κ2) is 9.15. The van der Waals surface area contributed by atoms with Gasteiger partial charge in [-0.05, 0) is 19.2 Å². The zero-order chi connectivity index (χ0) is 14.1. The molecule has 1 aliphatic rings. The van der Waals surface area contributed by atoms with Crippen LogP contribution in [0.15, 0.2) is 16.0 Å². The summed E-state index contributed by atoms with van der Waals surface area (Å²) in [6, 6.07) is 0. The molecular formula is C14H26N3OS+. The Kier molecular flexibility index (Phi) is 7.82. The van der Waals surface area contributed by atoms with Crippen LogP contribution in [0.4, 0.5) is 0 Å². The Labute approximate surface area is 122 Å². The average Bonchev–Trinajstić information content (AvgIpc) is 2.39. The predicted octanol–water partition coefficient (Wildman–Crippen LogP) is 1.69. The molecule has 1 unspecified atom stereocenters. The highest BCUT2D eigenvalue weighted by molar-refractivity contribution is 7.79. The van der Waals surface area contributed by atoms with Gasteiger partial charge in [-0.1, -0.05) is 32.3 Å². The van der Waals surface area contributed by atoms with Crippen LogP contribution in [0.3, 0.4) is 0 Å². The minimum absolute atomic E-state index is 0.160. The number of thiol groups is 1. The Morgan fingerprint density at radius 2 is 2.26 bits per heavy atom. The van der Waals surface area contributed by atoms with Gasteiger partial charge in [0.15, 0.2) is 0 Å². The molecule has 0 saturated carbocycles. The van der Waals surface area contributed by atoms with Crippen LogP contribution in [0.1, 0.15) is 39.0 Å². The molecule has 0 aromatic rings. The first kappa shape index (κ1) is 16.2. The molecule has 1 aliphatic heterocycles. The lowest BCUT2D eigenvalue weighted by molar-refractivity contribution is -0.875. The molecule has 0 bridgehead atoms. The molecule has 19 heavy (non-hydrogen) atoms. The Bertz CT molecular complexity index is 353. The van der Waals surface area contributed by atoms with Crippen LogP contribution in [0.25, 0.3) is 0 Å². The van der Waals surface area contributed by atoms with Gasteiger partial charge in [0.25, 0.3) is 0 Å². The van der Waals surface area contributed by atoms with E-state index in [-0.39, 0.29) is 5.90 Å². The Morgan fingerprint density at radius 1 is 1.47 bits per heavy atom. The lowest BCUT2D eigenvalue weighted by Gasteiger charge is -2.21. The second-order valence-corrected chi connectivity index (χ2v) is 5.29. The van der Waals surface area contributed by atoms with E-state index in [2.05, 4.69) is 37.3 Å². The SMILES string of the molecule is CCCCCCOC(=N)/C(=N\S)C1=CCC[NH+](C)C1. The summed E-state index contributed by atoms with van der Waals surface area (Å²) in [7, 11) is 2.15. The maximum atomic E-state index is 7.98. The van der Waals surface area contributed by atoms with E-state index >= 15 is 0 Å². The predicted molar refractivity (Wildman–Crippen MR) is 83.6 cm³/mol. The molecular weight excluding hydrogens is 258 g/mol. The molecule has 5 heteroatoms. The molecule has 0 saturated heterocycles. The summed E-state index contributed by atoms with van der Waals surface area (Å²) in [5, 5.41) is 7.98. The van der Waals surface area contributed by atoms with Crippen LogP contribution in [0.5, 0.6) is 0 Å². The van der Waals surface area contributed by atoms with E-state index in [1.54, 1.807) is 0 Å². The largest absolute Gasteiger partial charge is 0.477 e. The van der Waals surface area contributed by atoms with Crippen molar-refractivity contribution < 1.29 is 9.64 Å². The zero-order valence-corrected chi connectivity index (χ0v) is 12.9. The van der Waals surface area contributed by atoms with Crippen molar-refractivity contribution in [2.75, 3.05) is 26.7 Å². The van der Waals surface area contributed by atoms with Gasteiger partial charge < -0.3 is 9.64 Å². The van der Waals surface area contributed by atoms with Crippen molar-refractivity contribution in [2.45, 2.75) is 39.0 Å². The lowest BCUT2D eigenvalue weighted by Crippen LogP contribution is -3.09. The van der Waals surface area contributed by atoms with E-state index in [1.165, 1.54) is 17.7 Å². The smallest absolute Gasteiger partial charge is 0.233 e. The van der Waals surface area contributed by atoms with Crippen LogP contribution in [0, 0.1) is 5.41 Å². The fourth-order valence-electron chi connectivity index (χ4n) is 2.19. The molecule has 0 aromatic heterocycles. The summed E-state index contributed by atoms with van der Waals surface area (Å²) in [6.07, 6.45) is 7.77. The second-order valence-electron chi connectivity index (χ2n) is 5.09. The first-order chi connectivity index (χ1) is 9.19. The summed E-state index contributed by atoms with van der Waals surface area (Å²) in [4.78, 5) is 1.43. The third kappa shape index (κ3) is 5.78. The van der Waals surface area contributed by atoms with Gasteiger partial charge in [-0.15, -0.1) is 0 Å². The van der Waals surface area contributed by atoms with Crippen molar-refractivity contribution in [3.8, 4) is 0 Å². The van der Waals surface area contributed by atoms with Gasteiger partial charge in [-0.2, -0.15) is 0 Å². The molecule has 2 N–H and O–H groups in total. The van der Waals surface area contributed by atoms with E-state index in [0.717, 1.165) is 37.9 Å². The van der Waals surface area contributed by atoms with Crippen LogP contribution in [-0.2, 0) is 4.74 Å². The van der Waals surface area contributed by atoms with Crippen molar-refractivity contribution in [1.82, 2.24) is 0 Å². The molecule has 1 heterocycles. The summed E-state index contributed by atoms with van der Waals surface area (Å²) in [5.41, 5.74) is 1.68. The summed E-state index contributed by atoms with van der Waals surface area (Å²) in [5.74, 6) is 0.160. The van der Waals surface area contributed by atoms with Crippen LogP contribution < -0.4 is 4.90 Å². The highest BCUT2D eigenvalue weighted by Gasteiger charge is 2.20. The van der Waals surface area contributed by atoms with E-state index in [1.807, 2.05) is 0 Å². The van der Waals surface area contributed by atoms with Crippen LogP contribution in [0.2, 0.25) is 0 Å². The lowest BCUT2D eigenvalue weighted by atomic mass is 10.1. The van der Waals surface area contributed by atoms with Crippen LogP contribution >= 0.6 is 12.8 Å².